The second-order valence-electron chi connectivity index (χ2n) is 2.73. The molecule has 0 bridgehead atoms. The van der Waals surface area contributed by atoms with Gasteiger partial charge in [-0.05, 0) is 17.5 Å². The summed E-state index contributed by atoms with van der Waals surface area (Å²) in [7, 11) is 0. The fourth-order valence-corrected chi connectivity index (χ4v) is 1.57. The third-order valence-corrected chi connectivity index (χ3v) is 2.23. The second-order valence-corrected chi connectivity index (χ2v) is 3.09. The van der Waals surface area contributed by atoms with E-state index < -0.39 is 5.82 Å². The van der Waals surface area contributed by atoms with Crippen molar-refractivity contribution in [2.24, 2.45) is 0 Å². The fraction of sp³-hybridized carbons (Fsp3) is 0. The van der Waals surface area contributed by atoms with Crippen LogP contribution in [0.3, 0.4) is 0 Å². The topological polar surface area (TPSA) is 36.7 Å². The van der Waals surface area contributed by atoms with Crippen molar-refractivity contribution >= 4 is 22.4 Å². The van der Waals surface area contributed by atoms with Gasteiger partial charge in [0.15, 0.2) is 0 Å². The van der Waals surface area contributed by atoms with Crippen molar-refractivity contribution < 1.29 is 4.39 Å². The highest BCUT2D eigenvalue weighted by Crippen LogP contribution is 2.26. The molecule has 14 heavy (non-hydrogen) atoms. The zero-order valence-electron chi connectivity index (χ0n) is 6.96. The van der Waals surface area contributed by atoms with Crippen LogP contribution in [0.4, 0.5) is 4.39 Å². The third kappa shape index (κ3) is 1.21. The van der Waals surface area contributed by atoms with E-state index in [-0.39, 0.29) is 10.7 Å². The molecule has 0 spiro atoms. The molecule has 0 aliphatic heterocycles. The summed E-state index contributed by atoms with van der Waals surface area (Å²) < 4.78 is 13.2. The average molecular weight is 207 g/mol. The highest BCUT2D eigenvalue weighted by atomic mass is 35.5. The minimum Gasteiger partial charge on any atom is -0.244 e. The summed E-state index contributed by atoms with van der Waals surface area (Å²) >= 11 is 5.78. The van der Waals surface area contributed by atoms with Crippen LogP contribution in [0.5, 0.6) is 0 Å². The van der Waals surface area contributed by atoms with Gasteiger partial charge in [-0.1, -0.05) is 17.7 Å². The van der Waals surface area contributed by atoms with E-state index in [0.717, 1.165) is 0 Å². The number of rotatable bonds is 0. The van der Waals surface area contributed by atoms with Gasteiger partial charge in [0.05, 0.1) is 5.56 Å². The first-order valence-corrected chi connectivity index (χ1v) is 4.24. The maximum absolute atomic E-state index is 13.2. The zero-order chi connectivity index (χ0) is 10.1. The minimum absolute atomic E-state index is 0.0550. The van der Waals surface area contributed by atoms with Crippen molar-refractivity contribution in [3.63, 3.8) is 0 Å². The lowest BCUT2D eigenvalue weighted by atomic mass is 10.1. The number of hydrogen-bond acceptors (Lipinski definition) is 2. The Balaban J connectivity index is 3.01. The Morgan fingerprint density at radius 2 is 2.14 bits per heavy atom. The van der Waals surface area contributed by atoms with E-state index in [4.69, 9.17) is 16.9 Å². The maximum atomic E-state index is 13.2. The van der Waals surface area contributed by atoms with Crippen LogP contribution in [0.15, 0.2) is 24.4 Å². The van der Waals surface area contributed by atoms with Gasteiger partial charge in [0.25, 0.3) is 0 Å². The summed E-state index contributed by atoms with van der Waals surface area (Å²) in [6.45, 7) is 0. The predicted molar refractivity (Wildman–Crippen MR) is 51.4 cm³/mol. The van der Waals surface area contributed by atoms with Crippen molar-refractivity contribution in [3.05, 3.63) is 40.9 Å². The summed E-state index contributed by atoms with van der Waals surface area (Å²) in [5.41, 5.74) is -0.0550. The lowest BCUT2D eigenvalue weighted by molar-refractivity contribution is 0.626. The molecule has 68 valence electrons. The van der Waals surface area contributed by atoms with Crippen LogP contribution in [0.1, 0.15) is 5.56 Å². The summed E-state index contributed by atoms with van der Waals surface area (Å²) in [6, 6.07) is 6.28. The van der Waals surface area contributed by atoms with Crippen molar-refractivity contribution in [2.45, 2.75) is 0 Å². The Morgan fingerprint density at radius 3 is 2.86 bits per heavy atom. The van der Waals surface area contributed by atoms with E-state index in [1.165, 1.54) is 12.3 Å². The molecule has 2 aromatic rings. The van der Waals surface area contributed by atoms with Gasteiger partial charge in [0.1, 0.15) is 17.0 Å². The maximum Gasteiger partial charge on any atom is 0.141 e. The highest BCUT2D eigenvalue weighted by molar-refractivity contribution is 6.34. The first-order chi connectivity index (χ1) is 6.74. The Hall–Kier alpha value is -1.66. The first-order valence-electron chi connectivity index (χ1n) is 3.87. The zero-order valence-corrected chi connectivity index (χ0v) is 7.72. The number of aromatic nitrogens is 1. The molecule has 4 heteroatoms. The highest BCUT2D eigenvalue weighted by Gasteiger charge is 2.10. The van der Waals surface area contributed by atoms with Crippen LogP contribution in [-0.4, -0.2) is 4.98 Å². The smallest absolute Gasteiger partial charge is 0.141 e. The molecule has 0 radical (unpaired) electrons. The molecule has 0 fully saturated rings. The molecular formula is C10H4ClFN2. The number of fused-ring (bicyclic) bond motifs is 1. The summed E-state index contributed by atoms with van der Waals surface area (Å²) in [5, 5.41) is 10.00. The molecule has 0 saturated carbocycles. The van der Waals surface area contributed by atoms with Crippen LogP contribution < -0.4 is 0 Å². The second kappa shape index (κ2) is 3.24. The molecule has 2 rings (SSSR count). The summed E-state index contributed by atoms with van der Waals surface area (Å²) in [4.78, 5) is 3.80. The summed E-state index contributed by atoms with van der Waals surface area (Å²) in [5.74, 6) is -0.574. The molecule has 0 unspecified atom stereocenters. The Kier molecular flexibility index (Phi) is 2.06. The van der Waals surface area contributed by atoms with E-state index in [2.05, 4.69) is 4.98 Å². The standard InChI is InChI=1S/C10H4ClFN2/c11-10-9-6(3-4-14-10)1-2-8(12)7(9)5-13/h1-4H. The van der Waals surface area contributed by atoms with Crippen LogP contribution in [0.2, 0.25) is 5.15 Å². The Bertz CT molecular complexity index is 546. The lowest BCUT2D eigenvalue weighted by Crippen LogP contribution is -1.88. The van der Waals surface area contributed by atoms with Crippen molar-refractivity contribution in [2.75, 3.05) is 0 Å². The molecule has 1 heterocycles. The van der Waals surface area contributed by atoms with Gasteiger partial charge in [-0.3, -0.25) is 0 Å². The lowest BCUT2D eigenvalue weighted by Gasteiger charge is -2.01. The quantitative estimate of drug-likeness (QED) is 0.622. The van der Waals surface area contributed by atoms with Gasteiger partial charge in [-0.2, -0.15) is 5.26 Å². The number of pyridine rings is 1. The van der Waals surface area contributed by atoms with Gasteiger partial charge in [-0.15, -0.1) is 0 Å². The van der Waals surface area contributed by atoms with Crippen LogP contribution >= 0.6 is 11.6 Å². The van der Waals surface area contributed by atoms with E-state index in [1.807, 2.05) is 0 Å². The first kappa shape index (κ1) is 8.92. The van der Waals surface area contributed by atoms with Crippen LogP contribution in [0, 0.1) is 17.1 Å². The van der Waals surface area contributed by atoms with Gasteiger partial charge in [0.2, 0.25) is 0 Å². The predicted octanol–water partition coefficient (Wildman–Crippen LogP) is 2.90. The van der Waals surface area contributed by atoms with Crippen molar-refractivity contribution in [3.8, 4) is 6.07 Å². The van der Waals surface area contributed by atoms with Gasteiger partial charge >= 0.3 is 0 Å². The molecule has 0 N–H and O–H groups in total. The molecular weight excluding hydrogens is 203 g/mol. The van der Waals surface area contributed by atoms with Gasteiger partial charge in [0, 0.05) is 11.6 Å². The SMILES string of the molecule is N#Cc1c(F)ccc2ccnc(Cl)c12. The third-order valence-electron chi connectivity index (χ3n) is 1.95. The molecule has 0 saturated heterocycles. The van der Waals surface area contributed by atoms with E-state index in [0.29, 0.717) is 10.8 Å². The molecule has 1 aromatic heterocycles. The van der Waals surface area contributed by atoms with E-state index in [1.54, 1.807) is 18.2 Å². The average Bonchev–Trinajstić information content (AvgIpc) is 2.19. The van der Waals surface area contributed by atoms with E-state index >= 15 is 0 Å². The van der Waals surface area contributed by atoms with Crippen molar-refractivity contribution in [1.29, 1.82) is 5.26 Å². The van der Waals surface area contributed by atoms with Crippen LogP contribution in [0.25, 0.3) is 10.8 Å². The number of benzene rings is 1. The minimum atomic E-state index is -0.574. The Labute approximate surface area is 84.6 Å². The molecule has 0 aliphatic carbocycles. The monoisotopic (exact) mass is 206 g/mol. The molecule has 0 atom stereocenters. The molecule has 0 aliphatic rings. The van der Waals surface area contributed by atoms with Crippen LogP contribution in [-0.2, 0) is 0 Å². The van der Waals surface area contributed by atoms with Crippen molar-refractivity contribution in [1.82, 2.24) is 4.98 Å². The normalized spacial score (nSPS) is 10.1. The Morgan fingerprint density at radius 1 is 1.36 bits per heavy atom. The molecule has 1 aromatic carbocycles. The number of nitriles is 1. The number of halogens is 2. The van der Waals surface area contributed by atoms with Gasteiger partial charge < -0.3 is 0 Å². The fourth-order valence-electron chi connectivity index (χ4n) is 1.31. The molecule has 0 amide bonds. The number of hydrogen-bond donors (Lipinski definition) is 0. The van der Waals surface area contributed by atoms with E-state index in [9.17, 15) is 4.39 Å². The largest absolute Gasteiger partial charge is 0.244 e. The number of nitrogens with zero attached hydrogens (tertiary/aromatic N) is 2. The summed E-state index contributed by atoms with van der Waals surface area (Å²) in [6.07, 6.45) is 1.52. The molecule has 2 nitrogen and oxygen atoms in total. The van der Waals surface area contributed by atoms with Gasteiger partial charge in [-0.25, -0.2) is 9.37 Å².